The van der Waals surface area contributed by atoms with Crippen molar-refractivity contribution >= 4 is 11.6 Å². The number of benzene rings is 2. The zero-order chi connectivity index (χ0) is 27.5. The maximum absolute atomic E-state index is 13.7. The van der Waals surface area contributed by atoms with Crippen molar-refractivity contribution in [3.63, 3.8) is 0 Å². The maximum Gasteiger partial charge on any atom is 0.254 e. The average Bonchev–Trinajstić information content (AvgIpc) is 3.77. The van der Waals surface area contributed by atoms with Crippen LogP contribution >= 0.6 is 0 Å². The highest BCUT2D eigenvalue weighted by atomic mass is 19.1. The molecule has 0 aliphatic carbocycles. The van der Waals surface area contributed by atoms with Crippen LogP contribution in [0.3, 0.4) is 0 Å². The van der Waals surface area contributed by atoms with Crippen LogP contribution in [0.15, 0.2) is 48.7 Å². The van der Waals surface area contributed by atoms with Gasteiger partial charge in [0.2, 0.25) is 6.79 Å². The number of aliphatic hydroxyl groups is 3. The smallest absolute Gasteiger partial charge is 0.254 e. The summed E-state index contributed by atoms with van der Waals surface area (Å²) in [5, 5.41) is 40.3. The molecule has 40 heavy (non-hydrogen) atoms. The highest BCUT2D eigenvalue weighted by molar-refractivity contribution is 5.83. The molecule has 2 bridgehead atoms. The third kappa shape index (κ3) is 4.08. The van der Waals surface area contributed by atoms with E-state index in [1.165, 1.54) is 29.1 Å². The van der Waals surface area contributed by atoms with Gasteiger partial charge in [-0.2, -0.15) is 0 Å². The van der Waals surface area contributed by atoms with Gasteiger partial charge >= 0.3 is 0 Å². The summed E-state index contributed by atoms with van der Waals surface area (Å²) in [7, 11) is 0. The molecule has 0 unspecified atom stereocenters. The van der Waals surface area contributed by atoms with Gasteiger partial charge in [0, 0.05) is 36.4 Å². The number of rotatable bonds is 5. The Hall–Kier alpha value is -3.78. The van der Waals surface area contributed by atoms with Crippen LogP contribution in [0.5, 0.6) is 11.5 Å². The molecule has 0 saturated carbocycles. The minimum Gasteiger partial charge on any atom is -0.454 e. The summed E-state index contributed by atoms with van der Waals surface area (Å²) in [5.41, 5.74) is 1.78. The second kappa shape index (κ2) is 9.70. The van der Waals surface area contributed by atoms with Gasteiger partial charge in [-0.1, -0.05) is 17.3 Å². The number of anilines is 1. The summed E-state index contributed by atoms with van der Waals surface area (Å²) < 4.78 is 31.7. The van der Waals surface area contributed by atoms with Gasteiger partial charge in [-0.3, -0.25) is 4.79 Å². The van der Waals surface area contributed by atoms with E-state index in [4.69, 9.17) is 14.2 Å². The van der Waals surface area contributed by atoms with Gasteiger partial charge < -0.3 is 39.3 Å². The molecule has 0 radical (unpaired) electrons. The lowest BCUT2D eigenvalue weighted by molar-refractivity contribution is -0.212. The molecule has 3 aromatic rings. The zero-order valence-corrected chi connectivity index (χ0v) is 21.3. The Morgan fingerprint density at radius 3 is 2.67 bits per heavy atom. The molecule has 2 aromatic carbocycles. The number of likely N-dealkylation sites (tertiary alicyclic amines) is 1. The van der Waals surface area contributed by atoms with Crippen LogP contribution in [0.25, 0.3) is 11.3 Å². The molecule has 3 N–H and O–H groups in total. The Morgan fingerprint density at radius 2 is 1.90 bits per heavy atom. The molecule has 4 aliphatic rings. The number of carbonyl (C=O) groups is 1. The lowest BCUT2D eigenvalue weighted by Gasteiger charge is -2.44. The highest BCUT2D eigenvalue weighted by Crippen LogP contribution is 2.41. The molecule has 4 aliphatic heterocycles. The number of piperazine rings is 1. The molecular formula is C27H28FN5O7. The van der Waals surface area contributed by atoms with E-state index in [0.717, 1.165) is 12.1 Å². The molecule has 7 atom stereocenters. The van der Waals surface area contributed by atoms with Crippen molar-refractivity contribution in [3.8, 4) is 22.8 Å². The third-order valence-electron chi connectivity index (χ3n) is 8.28. The molecule has 12 nitrogen and oxygen atoms in total. The van der Waals surface area contributed by atoms with Crippen molar-refractivity contribution in [1.82, 2.24) is 19.9 Å². The first-order valence-corrected chi connectivity index (χ1v) is 13.2. The first kappa shape index (κ1) is 25.2. The van der Waals surface area contributed by atoms with Crippen molar-refractivity contribution in [3.05, 3.63) is 54.5 Å². The van der Waals surface area contributed by atoms with Crippen molar-refractivity contribution in [2.45, 2.75) is 49.0 Å². The molecule has 3 saturated heterocycles. The van der Waals surface area contributed by atoms with E-state index in [-0.39, 0.29) is 18.9 Å². The topological polar surface area (TPSA) is 143 Å². The average molecular weight is 554 g/mol. The Kier molecular flexibility index (Phi) is 6.11. The first-order chi connectivity index (χ1) is 19.4. The van der Waals surface area contributed by atoms with Crippen molar-refractivity contribution < 1.29 is 38.7 Å². The third-order valence-corrected chi connectivity index (χ3v) is 8.28. The van der Waals surface area contributed by atoms with Crippen LogP contribution in [-0.4, -0.2) is 104 Å². The lowest BCUT2D eigenvalue weighted by atomic mass is 9.91. The number of aliphatic hydroxyl groups excluding tert-OH is 3. The van der Waals surface area contributed by atoms with Crippen LogP contribution in [0, 0.1) is 5.82 Å². The number of ether oxygens (including phenoxy) is 3. The molecule has 5 heterocycles. The molecule has 1 amide bonds. The number of nitrogens with zero attached hydrogens (tertiary/aromatic N) is 5. The second-order valence-electron chi connectivity index (χ2n) is 10.6. The van der Waals surface area contributed by atoms with Crippen molar-refractivity contribution in [2.75, 3.05) is 31.4 Å². The fourth-order valence-electron chi connectivity index (χ4n) is 6.30. The lowest BCUT2D eigenvalue weighted by Crippen LogP contribution is -2.62. The minimum atomic E-state index is -1.48. The maximum atomic E-state index is 13.7. The van der Waals surface area contributed by atoms with E-state index in [9.17, 15) is 24.5 Å². The Labute approximate surface area is 228 Å². The second-order valence-corrected chi connectivity index (χ2v) is 10.6. The van der Waals surface area contributed by atoms with Crippen LogP contribution in [0.2, 0.25) is 0 Å². The molecule has 3 fully saturated rings. The largest absolute Gasteiger partial charge is 0.454 e. The fourth-order valence-corrected chi connectivity index (χ4v) is 6.30. The fraction of sp³-hybridized carbons (Fsp3) is 0.444. The Morgan fingerprint density at radius 1 is 1.05 bits per heavy atom. The number of hydrogen-bond donors (Lipinski definition) is 3. The summed E-state index contributed by atoms with van der Waals surface area (Å²) in [6, 6.07) is 10.5. The molecule has 0 spiro atoms. The van der Waals surface area contributed by atoms with E-state index in [1.807, 2.05) is 18.2 Å². The SMILES string of the molecule is O=C([C@@H]1O[C@H](CO)[C@H](O)[C@H](n2cc(-c3cccc(F)c3)nn2)[C@H]1O)N1C[C@H]2C[C@@H]1CN2c1ccc2c(c1)OCO2. The van der Waals surface area contributed by atoms with Crippen LogP contribution in [0.4, 0.5) is 10.1 Å². The number of amides is 1. The van der Waals surface area contributed by atoms with Crippen LogP contribution in [-0.2, 0) is 9.53 Å². The molecular weight excluding hydrogens is 525 g/mol. The summed E-state index contributed by atoms with van der Waals surface area (Å²) in [5.74, 6) is 0.548. The van der Waals surface area contributed by atoms with E-state index in [2.05, 4.69) is 15.2 Å². The quantitative estimate of drug-likeness (QED) is 0.405. The first-order valence-electron chi connectivity index (χ1n) is 13.2. The van der Waals surface area contributed by atoms with Gasteiger partial charge in [-0.25, -0.2) is 9.07 Å². The molecule has 13 heteroatoms. The summed E-state index contributed by atoms with van der Waals surface area (Å²) >= 11 is 0. The summed E-state index contributed by atoms with van der Waals surface area (Å²) in [6.45, 7) is 0.675. The van der Waals surface area contributed by atoms with Gasteiger partial charge in [-0.05, 0) is 30.7 Å². The van der Waals surface area contributed by atoms with E-state index < -0.39 is 48.8 Å². The van der Waals surface area contributed by atoms with Gasteiger partial charge in [0.1, 0.15) is 35.9 Å². The number of hydrogen-bond acceptors (Lipinski definition) is 10. The normalized spacial score (nSPS) is 30.8. The van der Waals surface area contributed by atoms with E-state index in [0.29, 0.717) is 35.8 Å². The molecule has 1 aromatic heterocycles. The van der Waals surface area contributed by atoms with E-state index >= 15 is 0 Å². The van der Waals surface area contributed by atoms with E-state index in [1.54, 1.807) is 11.0 Å². The molecule has 7 rings (SSSR count). The van der Waals surface area contributed by atoms with Crippen LogP contribution < -0.4 is 14.4 Å². The monoisotopic (exact) mass is 553 g/mol. The number of carbonyl (C=O) groups excluding carboxylic acids is 1. The molecule has 210 valence electrons. The standard InChI is InChI=1S/C27H28FN5O7/c28-15-3-1-2-14(6-15)19-11-33(30-29-19)23-24(35)22(12-34)40-26(25(23)36)27(37)32-10-17-7-18(32)9-31(17)16-4-5-20-21(8-16)39-13-38-20/h1-6,8,11,17-18,22-26,34-36H,7,9-10,12-13H2/t17-,18-,22-,23+,24+,25-,26-/m1/s1. The van der Waals surface area contributed by atoms with Crippen LogP contribution in [0.1, 0.15) is 12.5 Å². The van der Waals surface area contributed by atoms with Gasteiger partial charge in [0.25, 0.3) is 5.91 Å². The van der Waals surface area contributed by atoms with Crippen molar-refractivity contribution in [2.24, 2.45) is 0 Å². The number of aromatic nitrogens is 3. The van der Waals surface area contributed by atoms with Gasteiger partial charge in [0.05, 0.1) is 18.8 Å². The Balaban J connectivity index is 1.09. The zero-order valence-electron chi connectivity index (χ0n) is 21.3. The van der Waals surface area contributed by atoms with Gasteiger partial charge in [-0.15, -0.1) is 5.10 Å². The van der Waals surface area contributed by atoms with Gasteiger partial charge in [0.15, 0.2) is 17.6 Å². The van der Waals surface area contributed by atoms with Crippen molar-refractivity contribution in [1.29, 1.82) is 0 Å². The number of fused-ring (bicyclic) bond motifs is 3. The minimum absolute atomic E-state index is 0.0780. The number of halogens is 1. The highest BCUT2D eigenvalue weighted by Gasteiger charge is 2.53. The predicted molar refractivity (Wildman–Crippen MR) is 136 cm³/mol. The predicted octanol–water partition coefficient (Wildman–Crippen LogP) is 0.325. The summed E-state index contributed by atoms with van der Waals surface area (Å²) in [4.78, 5) is 17.7. The Bertz CT molecular complexity index is 1440. The summed E-state index contributed by atoms with van der Waals surface area (Å²) in [6.07, 6.45) is -3.08.